The molecule has 0 bridgehead atoms. The Balaban J connectivity index is 1.61. The van der Waals surface area contributed by atoms with Crippen molar-refractivity contribution < 1.29 is 4.79 Å². The summed E-state index contributed by atoms with van der Waals surface area (Å²) in [6.45, 7) is 0. The SMILES string of the molecule is N#Cc1ccc2[nH]c3c(c2c1)C[C@@H](NC(=O)C1CC1)C3. The summed E-state index contributed by atoms with van der Waals surface area (Å²) >= 11 is 0. The number of nitrogens with zero attached hydrogens (tertiary/aromatic N) is 1. The fraction of sp³-hybridized carbons (Fsp3) is 0.375. The molecule has 1 saturated carbocycles. The first-order valence-electron chi connectivity index (χ1n) is 7.08. The largest absolute Gasteiger partial charge is 0.358 e. The smallest absolute Gasteiger partial charge is 0.223 e. The number of amides is 1. The third kappa shape index (κ3) is 1.78. The molecule has 0 spiro atoms. The number of carbonyl (C=O) groups is 1. The number of carbonyl (C=O) groups excluding carboxylic acids is 1. The van der Waals surface area contributed by atoms with Crippen LogP contribution in [-0.2, 0) is 17.6 Å². The van der Waals surface area contributed by atoms with Crippen LogP contribution >= 0.6 is 0 Å². The van der Waals surface area contributed by atoms with Gasteiger partial charge in [-0.3, -0.25) is 4.79 Å². The van der Waals surface area contributed by atoms with Crippen LogP contribution in [0.5, 0.6) is 0 Å². The lowest BCUT2D eigenvalue weighted by molar-refractivity contribution is -0.122. The van der Waals surface area contributed by atoms with Gasteiger partial charge in [0.2, 0.25) is 5.91 Å². The lowest BCUT2D eigenvalue weighted by Crippen LogP contribution is -2.36. The second-order valence-electron chi connectivity index (χ2n) is 5.84. The molecule has 2 aliphatic rings. The van der Waals surface area contributed by atoms with Crippen molar-refractivity contribution in [3.05, 3.63) is 35.0 Å². The molecular formula is C16H15N3O. The Kier molecular flexibility index (Phi) is 2.37. The summed E-state index contributed by atoms with van der Waals surface area (Å²) in [5.74, 6) is 0.470. The normalized spacial score (nSPS) is 20.6. The van der Waals surface area contributed by atoms with Crippen LogP contribution < -0.4 is 5.32 Å². The van der Waals surface area contributed by atoms with Crippen molar-refractivity contribution in [3.63, 3.8) is 0 Å². The van der Waals surface area contributed by atoms with Crippen LogP contribution in [0.3, 0.4) is 0 Å². The molecule has 0 unspecified atom stereocenters. The minimum absolute atomic E-state index is 0.208. The monoisotopic (exact) mass is 265 g/mol. The zero-order chi connectivity index (χ0) is 13.7. The van der Waals surface area contributed by atoms with Crippen molar-refractivity contribution in [1.82, 2.24) is 10.3 Å². The molecule has 0 radical (unpaired) electrons. The van der Waals surface area contributed by atoms with Gasteiger partial charge in [-0.15, -0.1) is 0 Å². The first-order valence-corrected chi connectivity index (χ1v) is 7.08. The molecular weight excluding hydrogens is 250 g/mol. The number of nitriles is 1. The Morgan fingerprint density at radius 2 is 2.20 bits per heavy atom. The number of fused-ring (bicyclic) bond motifs is 3. The molecule has 20 heavy (non-hydrogen) atoms. The van der Waals surface area contributed by atoms with E-state index in [-0.39, 0.29) is 17.9 Å². The highest BCUT2D eigenvalue weighted by Crippen LogP contribution is 2.32. The highest BCUT2D eigenvalue weighted by Gasteiger charge is 2.33. The highest BCUT2D eigenvalue weighted by atomic mass is 16.2. The summed E-state index contributed by atoms with van der Waals surface area (Å²) in [4.78, 5) is 15.2. The summed E-state index contributed by atoms with van der Waals surface area (Å²) < 4.78 is 0. The average Bonchev–Trinajstić information content (AvgIpc) is 3.15. The number of H-pyrrole nitrogens is 1. The summed E-state index contributed by atoms with van der Waals surface area (Å²) in [5.41, 5.74) is 4.24. The van der Waals surface area contributed by atoms with Crippen LogP contribution in [-0.4, -0.2) is 16.9 Å². The maximum atomic E-state index is 11.8. The number of aromatic amines is 1. The molecule has 1 amide bonds. The highest BCUT2D eigenvalue weighted by molar-refractivity contribution is 5.87. The number of rotatable bonds is 2. The lowest BCUT2D eigenvalue weighted by Gasteiger charge is -2.11. The number of aromatic nitrogens is 1. The van der Waals surface area contributed by atoms with Gasteiger partial charge in [-0.2, -0.15) is 5.26 Å². The van der Waals surface area contributed by atoms with Crippen molar-refractivity contribution >= 4 is 16.8 Å². The number of benzene rings is 1. The van der Waals surface area contributed by atoms with E-state index in [1.54, 1.807) is 0 Å². The maximum absolute atomic E-state index is 11.8. The molecule has 1 aromatic heterocycles. The second-order valence-corrected chi connectivity index (χ2v) is 5.84. The van der Waals surface area contributed by atoms with Gasteiger partial charge in [-0.05, 0) is 43.0 Å². The van der Waals surface area contributed by atoms with Crippen LogP contribution in [0, 0.1) is 17.2 Å². The van der Waals surface area contributed by atoms with Crippen LogP contribution in [0.1, 0.15) is 29.7 Å². The third-order valence-electron chi connectivity index (χ3n) is 4.32. The van der Waals surface area contributed by atoms with E-state index in [1.807, 2.05) is 18.2 Å². The fourth-order valence-corrected chi connectivity index (χ4v) is 3.11. The maximum Gasteiger partial charge on any atom is 0.223 e. The van der Waals surface area contributed by atoms with E-state index in [2.05, 4.69) is 16.4 Å². The third-order valence-corrected chi connectivity index (χ3v) is 4.32. The van der Waals surface area contributed by atoms with Gasteiger partial charge in [0, 0.05) is 35.0 Å². The Morgan fingerprint density at radius 3 is 2.95 bits per heavy atom. The van der Waals surface area contributed by atoms with E-state index in [0.29, 0.717) is 5.56 Å². The predicted molar refractivity (Wildman–Crippen MR) is 75.1 cm³/mol. The zero-order valence-electron chi connectivity index (χ0n) is 11.1. The topological polar surface area (TPSA) is 68.7 Å². The van der Waals surface area contributed by atoms with Crippen molar-refractivity contribution in [2.75, 3.05) is 0 Å². The van der Waals surface area contributed by atoms with Crippen LogP contribution in [0.15, 0.2) is 18.2 Å². The quantitative estimate of drug-likeness (QED) is 0.872. The molecule has 0 aliphatic heterocycles. The van der Waals surface area contributed by atoms with Crippen LogP contribution in [0.4, 0.5) is 0 Å². The van der Waals surface area contributed by atoms with Gasteiger partial charge >= 0.3 is 0 Å². The van der Waals surface area contributed by atoms with E-state index in [0.717, 1.165) is 36.6 Å². The first-order chi connectivity index (χ1) is 9.74. The van der Waals surface area contributed by atoms with Crippen molar-refractivity contribution in [2.24, 2.45) is 5.92 Å². The summed E-state index contributed by atoms with van der Waals surface area (Å²) in [6, 6.07) is 8.13. The zero-order valence-corrected chi connectivity index (χ0v) is 11.1. The van der Waals surface area contributed by atoms with Crippen molar-refractivity contribution in [3.8, 4) is 6.07 Å². The number of hydrogen-bond acceptors (Lipinski definition) is 2. The van der Waals surface area contributed by atoms with Gasteiger partial charge in [0.15, 0.2) is 0 Å². The molecule has 100 valence electrons. The standard InChI is InChI=1S/C16H15N3O/c17-8-9-1-4-14-12(5-9)13-6-11(7-15(13)19-14)18-16(20)10-2-3-10/h1,4-5,10-11,19H,2-3,6-7H2,(H,18,20)/t11-/m1/s1. The van der Waals surface area contributed by atoms with Gasteiger partial charge in [0.1, 0.15) is 0 Å². The Bertz CT molecular complexity index is 749. The van der Waals surface area contributed by atoms with E-state index in [4.69, 9.17) is 5.26 Å². The van der Waals surface area contributed by atoms with Crippen LogP contribution in [0.25, 0.3) is 10.9 Å². The summed E-state index contributed by atoms with van der Waals surface area (Å²) in [5, 5.41) is 13.3. The van der Waals surface area contributed by atoms with Crippen molar-refractivity contribution in [1.29, 1.82) is 5.26 Å². The molecule has 4 nitrogen and oxygen atoms in total. The minimum Gasteiger partial charge on any atom is -0.358 e. The lowest BCUT2D eigenvalue weighted by atomic mass is 10.1. The number of nitrogens with one attached hydrogen (secondary N) is 2. The molecule has 2 N–H and O–H groups in total. The molecule has 0 saturated heterocycles. The summed E-state index contributed by atoms with van der Waals surface area (Å²) in [7, 11) is 0. The molecule has 4 rings (SSSR count). The van der Waals surface area contributed by atoms with Crippen LogP contribution in [0.2, 0.25) is 0 Å². The van der Waals surface area contributed by atoms with E-state index in [9.17, 15) is 4.79 Å². The predicted octanol–water partition coefficient (Wildman–Crippen LogP) is 2.03. The first kappa shape index (κ1) is 11.5. The Labute approximate surface area is 116 Å². The summed E-state index contributed by atoms with van der Waals surface area (Å²) in [6.07, 6.45) is 3.81. The fourth-order valence-electron chi connectivity index (χ4n) is 3.11. The molecule has 1 aromatic carbocycles. The average molecular weight is 265 g/mol. The minimum atomic E-state index is 0.208. The Morgan fingerprint density at radius 1 is 1.35 bits per heavy atom. The molecule has 1 atom stereocenters. The number of hydrogen-bond donors (Lipinski definition) is 2. The van der Waals surface area contributed by atoms with E-state index < -0.39 is 0 Å². The van der Waals surface area contributed by atoms with E-state index in [1.165, 1.54) is 11.3 Å². The van der Waals surface area contributed by atoms with Gasteiger partial charge < -0.3 is 10.3 Å². The second kappa shape index (κ2) is 4.11. The molecule has 2 aromatic rings. The van der Waals surface area contributed by atoms with Gasteiger partial charge in [-0.25, -0.2) is 0 Å². The van der Waals surface area contributed by atoms with Gasteiger partial charge in [0.05, 0.1) is 11.6 Å². The molecule has 1 fully saturated rings. The molecule has 4 heteroatoms. The van der Waals surface area contributed by atoms with E-state index >= 15 is 0 Å². The van der Waals surface area contributed by atoms with Gasteiger partial charge in [0.25, 0.3) is 0 Å². The molecule has 1 heterocycles. The molecule has 2 aliphatic carbocycles. The van der Waals surface area contributed by atoms with Crippen molar-refractivity contribution in [2.45, 2.75) is 31.7 Å². The van der Waals surface area contributed by atoms with Gasteiger partial charge in [-0.1, -0.05) is 0 Å². The Hall–Kier alpha value is -2.28.